The third-order valence-electron chi connectivity index (χ3n) is 1.89. The lowest BCUT2D eigenvalue weighted by Crippen LogP contribution is -2.21. The summed E-state index contributed by atoms with van der Waals surface area (Å²) in [4.78, 5) is 0. The van der Waals surface area contributed by atoms with Crippen LogP contribution >= 0.6 is 0 Å². The average molecular weight is 212 g/mol. The van der Waals surface area contributed by atoms with E-state index >= 15 is 0 Å². The van der Waals surface area contributed by atoms with E-state index in [1.165, 1.54) is 0 Å². The Labute approximate surface area is 86.5 Å². The number of para-hydroxylation sites is 1. The van der Waals surface area contributed by atoms with Crippen molar-refractivity contribution in [1.29, 1.82) is 0 Å². The van der Waals surface area contributed by atoms with Gasteiger partial charge in [-0.25, -0.2) is 0 Å². The van der Waals surface area contributed by atoms with E-state index in [-0.39, 0.29) is 0 Å². The Bertz CT molecular complexity index is 236. The molecule has 0 heterocycles. The van der Waals surface area contributed by atoms with Crippen molar-refractivity contribution < 1.29 is 13.6 Å². The molecule has 0 radical (unpaired) electrons. The van der Waals surface area contributed by atoms with Crippen molar-refractivity contribution in [2.45, 2.75) is 6.04 Å². The van der Waals surface area contributed by atoms with E-state index in [1.807, 2.05) is 30.3 Å². The maximum atomic E-state index is 5.51. The van der Waals surface area contributed by atoms with Crippen LogP contribution in [-0.4, -0.2) is 30.1 Å². The number of benzene rings is 1. The van der Waals surface area contributed by atoms with Gasteiger partial charge in [0.05, 0.1) is 6.61 Å². The van der Waals surface area contributed by atoms with E-state index in [9.17, 15) is 0 Å². The smallest absolute Gasteiger partial charge is 0.324 e. The third-order valence-corrected chi connectivity index (χ3v) is 3.65. The van der Waals surface area contributed by atoms with Gasteiger partial charge in [0.15, 0.2) is 0 Å². The summed E-state index contributed by atoms with van der Waals surface area (Å²) in [5.41, 5.74) is 0. The summed E-state index contributed by atoms with van der Waals surface area (Å²) in [6, 6.07) is 10.6. The first-order valence-electron chi connectivity index (χ1n) is 4.60. The highest BCUT2D eigenvalue weighted by Gasteiger charge is 2.08. The van der Waals surface area contributed by atoms with Crippen molar-refractivity contribution in [2.75, 3.05) is 20.8 Å². The monoisotopic (exact) mass is 212 g/mol. The average Bonchev–Trinajstić information content (AvgIpc) is 2.26. The molecule has 0 aliphatic carbocycles. The number of hydrogen-bond acceptors (Lipinski definition) is 3. The molecule has 0 aromatic heterocycles. The van der Waals surface area contributed by atoms with E-state index in [0.29, 0.717) is 6.61 Å². The van der Waals surface area contributed by atoms with Gasteiger partial charge in [-0.1, -0.05) is 18.2 Å². The Morgan fingerprint density at radius 2 is 1.71 bits per heavy atom. The lowest BCUT2D eigenvalue weighted by Gasteiger charge is -2.11. The van der Waals surface area contributed by atoms with Gasteiger partial charge in [-0.2, -0.15) is 0 Å². The van der Waals surface area contributed by atoms with Gasteiger partial charge in [0.25, 0.3) is 0 Å². The second kappa shape index (κ2) is 6.59. The molecule has 14 heavy (non-hydrogen) atoms. The Morgan fingerprint density at radius 3 is 2.29 bits per heavy atom. The third kappa shape index (κ3) is 3.91. The lowest BCUT2D eigenvalue weighted by atomic mass is 10.3. The Morgan fingerprint density at radius 1 is 1.07 bits per heavy atom. The molecule has 0 fully saturated rings. The Balaban J connectivity index is 2.21. The van der Waals surface area contributed by atoms with E-state index in [1.54, 1.807) is 14.2 Å². The van der Waals surface area contributed by atoms with Gasteiger partial charge in [0, 0.05) is 20.3 Å². The summed E-state index contributed by atoms with van der Waals surface area (Å²) in [5, 5.41) is 0. The molecule has 3 nitrogen and oxygen atoms in total. The minimum atomic E-state index is -1.46. The molecule has 0 bridgehead atoms. The van der Waals surface area contributed by atoms with Crippen LogP contribution < -0.4 is 4.74 Å². The van der Waals surface area contributed by atoms with Crippen molar-refractivity contribution in [1.82, 2.24) is 0 Å². The summed E-state index contributed by atoms with van der Waals surface area (Å²) < 4.78 is 15.9. The standard InChI is InChI=1S/C10H16O3Si/c1-11-14(12-2)9-8-13-10-6-4-3-5-7-10/h3-7,14H,8-9H2,1-2H3. The van der Waals surface area contributed by atoms with Crippen LogP contribution in [0.5, 0.6) is 5.75 Å². The molecule has 1 aromatic rings. The summed E-state index contributed by atoms with van der Waals surface area (Å²) >= 11 is 0. The first-order chi connectivity index (χ1) is 6.86. The Hall–Kier alpha value is -0.843. The van der Waals surface area contributed by atoms with E-state index in [4.69, 9.17) is 13.6 Å². The predicted molar refractivity (Wildman–Crippen MR) is 57.9 cm³/mol. The van der Waals surface area contributed by atoms with Gasteiger partial charge in [0.1, 0.15) is 5.75 Å². The molecule has 1 rings (SSSR count). The summed E-state index contributed by atoms with van der Waals surface area (Å²) in [5.74, 6) is 0.896. The van der Waals surface area contributed by atoms with Crippen molar-refractivity contribution in [3.05, 3.63) is 30.3 Å². The normalized spacial score (nSPS) is 10.5. The van der Waals surface area contributed by atoms with Crippen molar-refractivity contribution in [3.63, 3.8) is 0 Å². The zero-order valence-electron chi connectivity index (χ0n) is 8.60. The fraction of sp³-hybridized carbons (Fsp3) is 0.400. The summed E-state index contributed by atoms with van der Waals surface area (Å²) in [6.07, 6.45) is 0. The second-order valence-electron chi connectivity index (χ2n) is 2.85. The minimum Gasteiger partial charge on any atom is -0.494 e. The van der Waals surface area contributed by atoms with E-state index in [2.05, 4.69) is 0 Å². The zero-order valence-corrected chi connectivity index (χ0v) is 9.76. The van der Waals surface area contributed by atoms with Gasteiger partial charge >= 0.3 is 9.28 Å². The maximum absolute atomic E-state index is 5.51. The molecule has 0 saturated carbocycles. The van der Waals surface area contributed by atoms with Crippen LogP contribution in [0.1, 0.15) is 0 Å². The largest absolute Gasteiger partial charge is 0.494 e. The van der Waals surface area contributed by atoms with Crippen LogP contribution in [-0.2, 0) is 8.85 Å². The predicted octanol–water partition coefficient (Wildman–Crippen LogP) is 1.58. The highest BCUT2D eigenvalue weighted by atomic mass is 28.3. The lowest BCUT2D eigenvalue weighted by molar-refractivity contribution is 0.259. The van der Waals surface area contributed by atoms with Crippen molar-refractivity contribution in [2.24, 2.45) is 0 Å². The minimum absolute atomic E-state index is 0.655. The molecule has 0 saturated heterocycles. The van der Waals surface area contributed by atoms with Crippen LogP contribution in [0.3, 0.4) is 0 Å². The molecule has 0 aliphatic rings. The molecule has 0 aliphatic heterocycles. The zero-order chi connectivity index (χ0) is 10.2. The van der Waals surface area contributed by atoms with Gasteiger partial charge in [-0.15, -0.1) is 0 Å². The fourth-order valence-electron chi connectivity index (χ4n) is 1.12. The van der Waals surface area contributed by atoms with Crippen LogP contribution in [0.15, 0.2) is 30.3 Å². The van der Waals surface area contributed by atoms with Crippen LogP contribution in [0.4, 0.5) is 0 Å². The highest BCUT2D eigenvalue weighted by Crippen LogP contribution is 2.09. The first kappa shape index (κ1) is 11.2. The molecule has 0 spiro atoms. The fourth-order valence-corrected chi connectivity index (χ4v) is 2.10. The molecule has 1 aromatic carbocycles. The van der Waals surface area contributed by atoms with Crippen LogP contribution in [0, 0.1) is 0 Å². The SMILES string of the molecule is CO[SiH](CCOc1ccccc1)OC. The topological polar surface area (TPSA) is 27.7 Å². The van der Waals surface area contributed by atoms with Crippen molar-refractivity contribution >= 4 is 9.28 Å². The molecule has 0 amide bonds. The quantitative estimate of drug-likeness (QED) is 0.670. The van der Waals surface area contributed by atoms with Gasteiger partial charge < -0.3 is 13.6 Å². The molecule has 78 valence electrons. The van der Waals surface area contributed by atoms with Gasteiger partial charge in [0.2, 0.25) is 0 Å². The molecular formula is C10H16O3Si. The van der Waals surface area contributed by atoms with Crippen LogP contribution in [0.2, 0.25) is 6.04 Å². The van der Waals surface area contributed by atoms with Gasteiger partial charge in [-0.3, -0.25) is 0 Å². The Kier molecular flexibility index (Phi) is 5.29. The van der Waals surface area contributed by atoms with Gasteiger partial charge in [-0.05, 0) is 12.1 Å². The molecule has 0 N–H and O–H groups in total. The molecule has 0 unspecified atom stereocenters. The summed E-state index contributed by atoms with van der Waals surface area (Å²) in [7, 11) is 1.91. The first-order valence-corrected chi connectivity index (χ1v) is 6.36. The maximum Gasteiger partial charge on any atom is 0.324 e. The number of rotatable bonds is 6. The molecular weight excluding hydrogens is 196 g/mol. The second-order valence-corrected chi connectivity index (χ2v) is 5.23. The van der Waals surface area contributed by atoms with E-state index in [0.717, 1.165) is 11.8 Å². The highest BCUT2D eigenvalue weighted by molar-refractivity contribution is 6.44. The number of ether oxygens (including phenoxy) is 1. The van der Waals surface area contributed by atoms with E-state index < -0.39 is 9.28 Å². The molecule has 4 heteroatoms. The molecule has 0 atom stereocenters. The van der Waals surface area contributed by atoms with Crippen LogP contribution in [0.25, 0.3) is 0 Å². The number of hydrogen-bond donors (Lipinski definition) is 0. The summed E-state index contributed by atoms with van der Waals surface area (Å²) in [6.45, 7) is 0.655. The van der Waals surface area contributed by atoms with Crippen molar-refractivity contribution in [3.8, 4) is 5.75 Å².